The van der Waals surface area contributed by atoms with E-state index >= 15 is 0 Å². The van der Waals surface area contributed by atoms with Gasteiger partial charge in [0.25, 0.3) is 0 Å². The largest absolute Gasteiger partial charge is 0.391 e. The smallest absolute Gasteiger partial charge is 0.128 e. The summed E-state index contributed by atoms with van der Waals surface area (Å²) in [5.74, 6) is 1.68. The number of aliphatic hydroxyl groups excluding tert-OH is 1. The van der Waals surface area contributed by atoms with Crippen molar-refractivity contribution in [3.63, 3.8) is 0 Å². The summed E-state index contributed by atoms with van der Waals surface area (Å²) in [7, 11) is 0. The number of hydrogen-bond donors (Lipinski definition) is 1. The van der Waals surface area contributed by atoms with E-state index in [9.17, 15) is 5.11 Å². The summed E-state index contributed by atoms with van der Waals surface area (Å²) >= 11 is 0. The quantitative estimate of drug-likeness (QED) is 0.939. The van der Waals surface area contributed by atoms with Crippen LogP contribution in [0.15, 0.2) is 36.7 Å². The Bertz CT molecular complexity index is 637. The van der Waals surface area contributed by atoms with Crippen molar-refractivity contribution in [3.8, 4) is 11.3 Å². The zero-order valence-electron chi connectivity index (χ0n) is 11.9. The third kappa shape index (κ3) is 2.63. The maximum absolute atomic E-state index is 9.60. The van der Waals surface area contributed by atoms with Gasteiger partial charge in [-0.15, -0.1) is 0 Å². The highest BCUT2D eigenvalue weighted by molar-refractivity contribution is 5.61. The molecule has 4 nitrogen and oxygen atoms in total. The van der Waals surface area contributed by atoms with E-state index in [0.29, 0.717) is 6.54 Å². The van der Waals surface area contributed by atoms with Crippen molar-refractivity contribution in [2.75, 3.05) is 18.0 Å². The van der Waals surface area contributed by atoms with E-state index in [1.165, 1.54) is 18.4 Å². The van der Waals surface area contributed by atoms with Crippen LogP contribution in [-0.2, 0) is 0 Å². The summed E-state index contributed by atoms with van der Waals surface area (Å²) in [6.07, 6.45) is 7.00. The van der Waals surface area contributed by atoms with Crippen LogP contribution >= 0.6 is 0 Å². The fourth-order valence-corrected chi connectivity index (χ4v) is 2.95. The predicted octanol–water partition coefficient (Wildman–Crippen LogP) is 2.59. The molecule has 2 aromatic rings. The van der Waals surface area contributed by atoms with E-state index in [-0.39, 0.29) is 6.10 Å². The maximum Gasteiger partial charge on any atom is 0.128 e. The Hall–Kier alpha value is -1.94. The van der Waals surface area contributed by atoms with Gasteiger partial charge >= 0.3 is 0 Å². The molecule has 21 heavy (non-hydrogen) atoms. The molecule has 1 saturated heterocycles. The number of β-amino-alcohol motifs (C(OH)–C–C–N with tert-alkyl or cyclic N) is 1. The lowest BCUT2D eigenvalue weighted by molar-refractivity contribution is 0.198. The van der Waals surface area contributed by atoms with Crippen LogP contribution in [0.5, 0.6) is 0 Å². The third-order valence-corrected chi connectivity index (χ3v) is 4.36. The van der Waals surface area contributed by atoms with Gasteiger partial charge in [-0.1, -0.05) is 0 Å². The van der Waals surface area contributed by atoms with Crippen LogP contribution in [0.2, 0.25) is 0 Å². The lowest BCUT2D eigenvalue weighted by Gasteiger charge is -2.16. The van der Waals surface area contributed by atoms with Gasteiger partial charge < -0.3 is 10.0 Å². The van der Waals surface area contributed by atoms with Gasteiger partial charge in [0, 0.05) is 31.0 Å². The number of anilines is 1. The normalized spacial score (nSPS) is 21.8. The minimum atomic E-state index is -0.219. The Morgan fingerprint density at radius 3 is 2.67 bits per heavy atom. The Balaban J connectivity index is 1.57. The molecule has 3 heterocycles. The zero-order valence-corrected chi connectivity index (χ0v) is 11.9. The van der Waals surface area contributed by atoms with Gasteiger partial charge in [-0.05, 0) is 55.0 Å². The van der Waals surface area contributed by atoms with Crippen molar-refractivity contribution in [1.82, 2.24) is 9.97 Å². The van der Waals surface area contributed by atoms with Crippen LogP contribution in [-0.4, -0.2) is 34.3 Å². The molecule has 4 rings (SSSR count). The minimum absolute atomic E-state index is 0.219. The molecule has 1 atom stereocenters. The molecule has 0 radical (unpaired) electrons. The highest BCUT2D eigenvalue weighted by Crippen LogP contribution is 2.40. The van der Waals surface area contributed by atoms with Crippen molar-refractivity contribution in [2.24, 2.45) is 0 Å². The third-order valence-electron chi connectivity index (χ3n) is 4.36. The van der Waals surface area contributed by atoms with Gasteiger partial charge in [-0.2, -0.15) is 0 Å². The number of nitrogens with zero attached hydrogens (tertiary/aromatic N) is 3. The van der Waals surface area contributed by atoms with E-state index in [0.717, 1.165) is 36.0 Å². The van der Waals surface area contributed by atoms with Crippen LogP contribution in [0.25, 0.3) is 11.3 Å². The second-order valence-corrected chi connectivity index (χ2v) is 6.04. The first-order chi connectivity index (χ1) is 10.3. The number of aliphatic hydroxyl groups is 1. The Morgan fingerprint density at radius 1 is 1.10 bits per heavy atom. The number of hydrogen-bond acceptors (Lipinski definition) is 4. The van der Waals surface area contributed by atoms with Gasteiger partial charge in [0.1, 0.15) is 5.82 Å². The van der Waals surface area contributed by atoms with Crippen LogP contribution in [0.1, 0.15) is 30.7 Å². The molecule has 108 valence electrons. The topological polar surface area (TPSA) is 49.2 Å². The lowest BCUT2D eigenvalue weighted by Crippen LogP contribution is -2.21. The Morgan fingerprint density at radius 2 is 2.00 bits per heavy atom. The highest BCUT2D eigenvalue weighted by atomic mass is 16.3. The maximum atomic E-state index is 9.60. The number of pyridine rings is 2. The zero-order chi connectivity index (χ0) is 14.2. The predicted molar refractivity (Wildman–Crippen MR) is 82.3 cm³/mol. The molecule has 0 amide bonds. The molecule has 4 heteroatoms. The molecular weight excluding hydrogens is 262 g/mol. The summed E-state index contributed by atoms with van der Waals surface area (Å²) in [6, 6.07) is 8.41. The minimum Gasteiger partial charge on any atom is -0.391 e. The summed E-state index contributed by atoms with van der Waals surface area (Å²) < 4.78 is 0. The first-order valence-electron chi connectivity index (χ1n) is 7.65. The van der Waals surface area contributed by atoms with E-state index in [1.54, 1.807) is 0 Å². The fraction of sp³-hybridized carbons (Fsp3) is 0.412. The highest BCUT2D eigenvalue weighted by Gasteiger charge is 2.24. The molecule has 1 N–H and O–H groups in total. The molecule has 1 aliphatic heterocycles. The van der Waals surface area contributed by atoms with Crippen molar-refractivity contribution in [2.45, 2.75) is 31.3 Å². The van der Waals surface area contributed by atoms with Gasteiger partial charge in [-0.25, -0.2) is 4.98 Å². The van der Waals surface area contributed by atoms with Crippen LogP contribution in [0.3, 0.4) is 0 Å². The van der Waals surface area contributed by atoms with Crippen molar-refractivity contribution < 1.29 is 5.11 Å². The molecule has 2 fully saturated rings. The van der Waals surface area contributed by atoms with Crippen molar-refractivity contribution in [3.05, 3.63) is 42.2 Å². The summed E-state index contributed by atoms with van der Waals surface area (Å²) in [5, 5.41) is 9.60. The Kier molecular flexibility index (Phi) is 3.11. The van der Waals surface area contributed by atoms with Crippen molar-refractivity contribution >= 4 is 5.82 Å². The molecule has 2 aromatic heterocycles. The van der Waals surface area contributed by atoms with Crippen molar-refractivity contribution in [1.29, 1.82) is 0 Å². The second kappa shape index (κ2) is 5.11. The molecule has 0 aromatic carbocycles. The molecule has 1 saturated carbocycles. The average molecular weight is 281 g/mol. The van der Waals surface area contributed by atoms with E-state index < -0.39 is 0 Å². The molecular formula is C17H19N3O. The average Bonchev–Trinajstić information content (AvgIpc) is 3.29. The van der Waals surface area contributed by atoms with Gasteiger partial charge in [0.05, 0.1) is 11.8 Å². The van der Waals surface area contributed by atoms with Crippen LogP contribution in [0.4, 0.5) is 5.82 Å². The monoisotopic (exact) mass is 281 g/mol. The first-order valence-corrected chi connectivity index (χ1v) is 7.65. The summed E-state index contributed by atoms with van der Waals surface area (Å²) in [5.41, 5.74) is 3.45. The molecule has 2 aliphatic rings. The molecule has 1 aliphatic carbocycles. The first kappa shape index (κ1) is 12.8. The Labute approximate surface area is 124 Å². The number of aromatic nitrogens is 2. The standard InChI is InChI=1S/C17H19N3O/c21-15-6-8-20(11-15)17-4-3-14(10-19-17)16-9-13(5-7-18-16)12-1-2-12/h3-5,7,9-10,12,15,21H,1-2,6,8,11H2/t15-/m1/s1. The SMILES string of the molecule is O[C@@H]1CCN(c2ccc(-c3cc(C4CC4)ccn3)cn2)C1. The molecule has 0 spiro atoms. The van der Waals surface area contributed by atoms with Gasteiger partial charge in [-0.3, -0.25) is 4.98 Å². The summed E-state index contributed by atoms with van der Waals surface area (Å²) in [4.78, 5) is 11.1. The molecule has 0 unspecified atom stereocenters. The molecule has 0 bridgehead atoms. The fourth-order valence-electron chi connectivity index (χ4n) is 2.95. The number of rotatable bonds is 3. The van der Waals surface area contributed by atoms with Gasteiger partial charge in [0.15, 0.2) is 0 Å². The lowest BCUT2D eigenvalue weighted by atomic mass is 10.1. The van der Waals surface area contributed by atoms with E-state index in [4.69, 9.17) is 0 Å². The van der Waals surface area contributed by atoms with E-state index in [1.807, 2.05) is 18.5 Å². The second-order valence-electron chi connectivity index (χ2n) is 6.04. The van der Waals surface area contributed by atoms with Crippen LogP contribution < -0.4 is 4.90 Å². The van der Waals surface area contributed by atoms with Gasteiger partial charge in [0.2, 0.25) is 0 Å². The van der Waals surface area contributed by atoms with Crippen LogP contribution in [0, 0.1) is 0 Å². The summed E-state index contributed by atoms with van der Waals surface area (Å²) in [6.45, 7) is 1.56. The van der Waals surface area contributed by atoms with E-state index in [2.05, 4.69) is 33.1 Å².